The minimum Gasteiger partial charge on any atom is -0.378 e. The summed E-state index contributed by atoms with van der Waals surface area (Å²) in [6.07, 6.45) is 2.29. The fourth-order valence-corrected chi connectivity index (χ4v) is 9.81. The number of nitrogens with zero attached hydrogens (tertiary/aromatic N) is 6. The molecule has 0 aliphatic carbocycles. The molecule has 0 spiro atoms. The number of aryl methyl sites for hydroxylation is 1. The van der Waals surface area contributed by atoms with Gasteiger partial charge in [-0.1, -0.05) is 33.8 Å². The number of hydrazine groups is 1. The first kappa shape index (κ1) is 44.6. The molecule has 15 nitrogen and oxygen atoms in total. The number of urea groups is 1. The average molecular weight is 859 g/mol. The van der Waals surface area contributed by atoms with E-state index < -0.39 is 35.7 Å². The Morgan fingerprint density at radius 1 is 1.18 bits per heavy atom. The third-order valence-electron chi connectivity index (χ3n) is 12.4. The van der Waals surface area contributed by atoms with E-state index in [1.807, 2.05) is 32.2 Å². The fourth-order valence-electron chi connectivity index (χ4n) is 8.96. The largest absolute Gasteiger partial charge is 0.378 e. The van der Waals surface area contributed by atoms with Gasteiger partial charge in [0.25, 0.3) is 5.91 Å². The molecule has 5 atom stereocenters. The summed E-state index contributed by atoms with van der Waals surface area (Å²) in [7, 11) is 4.94. The normalized spacial score (nSPS) is 22.1. The molecular formula is C45H62N8O7S. The Morgan fingerprint density at radius 3 is 2.66 bits per heavy atom. The van der Waals surface area contributed by atoms with Gasteiger partial charge in [-0.25, -0.2) is 15.2 Å². The second-order valence-corrected chi connectivity index (χ2v) is 18.7. The number of ether oxygens (including phenoxy) is 3. The second kappa shape index (κ2) is 18.5. The van der Waals surface area contributed by atoms with Gasteiger partial charge in [0.2, 0.25) is 5.91 Å². The van der Waals surface area contributed by atoms with Crippen molar-refractivity contribution in [1.82, 2.24) is 40.1 Å². The van der Waals surface area contributed by atoms with Gasteiger partial charge in [-0.15, -0.1) is 11.3 Å². The first-order valence-electron chi connectivity index (χ1n) is 21.4. The van der Waals surface area contributed by atoms with Crippen molar-refractivity contribution >= 4 is 40.1 Å². The molecule has 16 heteroatoms. The lowest BCUT2D eigenvalue weighted by Gasteiger charge is -2.42. The summed E-state index contributed by atoms with van der Waals surface area (Å²) < 4.78 is 19.8. The van der Waals surface area contributed by atoms with Gasteiger partial charge in [0.05, 0.1) is 60.0 Å². The maximum Gasteiger partial charge on any atom is 0.320 e. The minimum absolute atomic E-state index is 0.0307. The van der Waals surface area contributed by atoms with Crippen LogP contribution in [0.5, 0.6) is 0 Å². The van der Waals surface area contributed by atoms with Crippen molar-refractivity contribution in [2.75, 3.05) is 47.5 Å². The number of pyridine rings is 1. The van der Waals surface area contributed by atoms with Gasteiger partial charge < -0.3 is 39.0 Å². The molecule has 1 aromatic carbocycles. The summed E-state index contributed by atoms with van der Waals surface area (Å²) in [4.78, 5) is 55.3. The monoisotopic (exact) mass is 858 g/mol. The number of benzene rings is 1. The lowest BCUT2D eigenvalue weighted by Crippen LogP contribution is -2.64. The van der Waals surface area contributed by atoms with Crippen molar-refractivity contribution in [2.24, 2.45) is 11.3 Å². The molecule has 61 heavy (non-hydrogen) atoms. The number of carbonyl (C=O) groups is 3. The van der Waals surface area contributed by atoms with Crippen LogP contribution in [-0.2, 0) is 43.2 Å². The number of fused-ring (bicyclic) bond motifs is 6. The van der Waals surface area contributed by atoms with E-state index in [4.69, 9.17) is 24.2 Å². The number of aliphatic hydroxyl groups excluding tert-OH is 1. The molecule has 0 radical (unpaired) electrons. The summed E-state index contributed by atoms with van der Waals surface area (Å²) >= 11 is 1.43. The number of aromatic nitrogens is 3. The molecule has 330 valence electrons. The van der Waals surface area contributed by atoms with Gasteiger partial charge >= 0.3 is 6.03 Å². The van der Waals surface area contributed by atoms with E-state index in [1.54, 1.807) is 32.4 Å². The van der Waals surface area contributed by atoms with Crippen molar-refractivity contribution in [3.8, 4) is 22.5 Å². The highest BCUT2D eigenvalue weighted by atomic mass is 32.1. The smallest absolute Gasteiger partial charge is 0.320 e. The fraction of sp³-hybridized carbons (Fsp3) is 0.578. The molecule has 3 aromatic heterocycles. The second-order valence-electron chi connectivity index (χ2n) is 17.8. The number of methoxy groups -OCH3 is 2. The lowest BCUT2D eigenvalue weighted by molar-refractivity contribution is -0.164. The Hall–Kier alpha value is -4.45. The van der Waals surface area contributed by atoms with E-state index in [0.717, 1.165) is 51.2 Å². The van der Waals surface area contributed by atoms with Crippen LogP contribution in [0.3, 0.4) is 0 Å². The van der Waals surface area contributed by atoms with Crippen molar-refractivity contribution in [2.45, 2.75) is 110 Å². The van der Waals surface area contributed by atoms with Crippen LogP contribution in [0.1, 0.15) is 76.8 Å². The van der Waals surface area contributed by atoms with Gasteiger partial charge in [-0.05, 0) is 74.3 Å². The van der Waals surface area contributed by atoms with E-state index in [2.05, 4.69) is 60.3 Å². The number of aliphatic hydroxyl groups is 1. The van der Waals surface area contributed by atoms with Crippen molar-refractivity contribution in [3.63, 3.8) is 0 Å². The first-order valence-corrected chi connectivity index (χ1v) is 22.3. The molecular weight excluding hydrogens is 797 g/mol. The van der Waals surface area contributed by atoms with Crippen LogP contribution in [0.25, 0.3) is 33.4 Å². The molecule has 6 heterocycles. The van der Waals surface area contributed by atoms with E-state index in [9.17, 15) is 19.5 Å². The molecule has 7 rings (SSSR count). The number of thiazole rings is 1. The standard InChI is InChI=1S/C45H62N8O7S/c1-10-52-36-16-15-28-19-31(36)32(40(52)30-13-11-17-46-38(30)27(4)58-8)21-45(5,6)25-60-43(56)33-14-12-18-53(49-33)42(55)34(20-37-47-35(28)24-61-37)48-41(54)39(26(2)3)50(7)44(57)51-22-29(23-51)59-9/h11,13,15-17,19,24,26-27,29,33-34,39,43,49,56H,10,12,14,18,20-23,25H2,1-9H3,(H,48,54)/t27-,33-,34-,39-,43-/m0/s1. The Balaban J connectivity index is 1.29. The highest BCUT2D eigenvalue weighted by Crippen LogP contribution is 2.42. The number of likely N-dealkylation sites (N-methyl/N-ethyl adjacent to an activating group) is 1. The molecule has 4 amide bonds. The Labute approximate surface area is 362 Å². The third kappa shape index (κ3) is 9.20. The predicted molar refractivity (Wildman–Crippen MR) is 234 cm³/mol. The summed E-state index contributed by atoms with van der Waals surface area (Å²) in [6, 6.07) is 7.81. The van der Waals surface area contributed by atoms with Gasteiger partial charge in [0, 0.05) is 74.4 Å². The van der Waals surface area contributed by atoms with E-state index >= 15 is 0 Å². The van der Waals surface area contributed by atoms with Crippen molar-refractivity contribution < 1.29 is 33.7 Å². The number of carbonyl (C=O) groups excluding carboxylic acids is 3. The molecule has 3 N–H and O–H groups in total. The first-order chi connectivity index (χ1) is 29.1. The van der Waals surface area contributed by atoms with E-state index in [-0.39, 0.29) is 43.1 Å². The zero-order chi connectivity index (χ0) is 43.7. The molecule has 3 aliphatic rings. The van der Waals surface area contributed by atoms with Gasteiger partial charge in [-0.3, -0.25) is 19.6 Å². The van der Waals surface area contributed by atoms with Crippen molar-refractivity contribution in [1.29, 1.82) is 0 Å². The zero-order valence-corrected chi connectivity index (χ0v) is 37.8. The van der Waals surface area contributed by atoms with Crippen LogP contribution in [0, 0.1) is 11.3 Å². The number of amides is 4. The number of likely N-dealkylation sites (tertiary alicyclic amines) is 1. The number of hydrogen-bond acceptors (Lipinski definition) is 11. The number of nitrogens with one attached hydrogen (secondary N) is 2. The molecule has 4 aromatic rings. The van der Waals surface area contributed by atoms with Crippen LogP contribution in [0.15, 0.2) is 41.9 Å². The van der Waals surface area contributed by atoms with E-state index in [0.29, 0.717) is 43.9 Å². The Kier molecular flexibility index (Phi) is 13.5. The zero-order valence-electron chi connectivity index (χ0n) is 36.9. The summed E-state index contributed by atoms with van der Waals surface area (Å²) in [5.41, 5.74) is 9.64. The van der Waals surface area contributed by atoms with Gasteiger partial charge in [0.15, 0.2) is 6.29 Å². The maximum atomic E-state index is 14.5. The van der Waals surface area contributed by atoms with Crippen LogP contribution in [0.2, 0.25) is 0 Å². The van der Waals surface area contributed by atoms with Crippen LogP contribution in [0.4, 0.5) is 4.79 Å². The number of rotatable bonds is 9. The van der Waals surface area contributed by atoms with Crippen molar-refractivity contribution in [3.05, 3.63) is 58.2 Å². The third-order valence-corrected chi connectivity index (χ3v) is 13.2. The molecule has 6 bridgehead atoms. The Bertz CT molecular complexity index is 2220. The molecule has 2 fully saturated rings. The van der Waals surface area contributed by atoms with Crippen LogP contribution in [-0.4, -0.2) is 130 Å². The van der Waals surface area contributed by atoms with Crippen LogP contribution >= 0.6 is 11.3 Å². The highest BCUT2D eigenvalue weighted by Gasteiger charge is 2.40. The summed E-state index contributed by atoms with van der Waals surface area (Å²) in [5, 5.41) is 19.8. The lowest BCUT2D eigenvalue weighted by atomic mass is 9.84. The quantitative estimate of drug-likeness (QED) is 0.199. The summed E-state index contributed by atoms with van der Waals surface area (Å²) in [5.74, 6) is -1.04. The SMILES string of the molecule is CCn1c(-c2cccnc2[C@H](C)OC)c2c3cc(ccc31)-c1csc(n1)C[C@H](NC(=O)[C@H](C(C)C)N(C)C(=O)N1CC(OC)C1)C(=O)N1CCC[C@H](N1)[C@@H](O)OCC(C)(C)C2. The maximum absolute atomic E-state index is 14.5. The minimum atomic E-state index is -1.21. The highest BCUT2D eigenvalue weighted by molar-refractivity contribution is 7.10. The van der Waals surface area contributed by atoms with Gasteiger partial charge in [-0.2, -0.15) is 0 Å². The van der Waals surface area contributed by atoms with Crippen LogP contribution < -0.4 is 10.7 Å². The molecule has 0 unspecified atom stereocenters. The topological polar surface area (TPSA) is 164 Å². The molecule has 3 aliphatic heterocycles. The Morgan fingerprint density at radius 2 is 1.95 bits per heavy atom. The molecule has 0 saturated carbocycles. The van der Waals surface area contributed by atoms with Gasteiger partial charge in [0.1, 0.15) is 12.1 Å². The number of hydrogen-bond donors (Lipinski definition) is 3. The summed E-state index contributed by atoms with van der Waals surface area (Å²) in [6.45, 7) is 14.5. The molecule has 2 saturated heterocycles. The average Bonchev–Trinajstić information content (AvgIpc) is 3.82. The van der Waals surface area contributed by atoms with E-state index in [1.165, 1.54) is 21.2 Å². The predicted octanol–water partition coefficient (Wildman–Crippen LogP) is 5.40.